The Morgan fingerprint density at radius 3 is 2.24 bits per heavy atom. The summed E-state index contributed by atoms with van der Waals surface area (Å²) >= 11 is 0. The molecule has 0 aromatic heterocycles. The fourth-order valence-electron chi connectivity index (χ4n) is 7.13. The Morgan fingerprint density at radius 1 is 1.03 bits per heavy atom. The maximum atomic E-state index is 13.1. The number of hydrogen-bond acceptors (Lipinski definition) is 3. The molecule has 5 heteroatoms. The van der Waals surface area contributed by atoms with Crippen LogP contribution < -0.4 is 5.32 Å². The van der Waals surface area contributed by atoms with Crippen molar-refractivity contribution in [1.29, 1.82) is 0 Å². The van der Waals surface area contributed by atoms with Crippen molar-refractivity contribution in [2.45, 2.75) is 63.8 Å². The second-order valence-electron chi connectivity index (χ2n) is 10.3. The minimum absolute atomic E-state index is 0.0912. The van der Waals surface area contributed by atoms with Crippen molar-refractivity contribution in [3.8, 4) is 5.75 Å². The first-order valence-electron chi connectivity index (χ1n) is 11.4. The van der Waals surface area contributed by atoms with E-state index in [1.54, 1.807) is 18.2 Å². The topological polar surface area (TPSA) is 69.6 Å². The molecule has 5 aliphatic rings. The van der Waals surface area contributed by atoms with Crippen molar-refractivity contribution >= 4 is 11.8 Å². The quantitative estimate of drug-likeness (QED) is 0.815. The summed E-state index contributed by atoms with van der Waals surface area (Å²) in [4.78, 5) is 27.5. The van der Waals surface area contributed by atoms with Crippen LogP contribution in [0.3, 0.4) is 0 Å². The molecule has 1 saturated heterocycles. The summed E-state index contributed by atoms with van der Waals surface area (Å²) in [5.74, 6) is 2.93. The fraction of sp³-hybridized carbons (Fsp3) is 0.667. The fourth-order valence-corrected chi connectivity index (χ4v) is 7.13. The van der Waals surface area contributed by atoms with Crippen LogP contribution in [0.25, 0.3) is 0 Å². The Balaban J connectivity index is 1.13. The molecule has 0 spiro atoms. The van der Waals surface area contributed by atoms with E-state index in [2.05, 4.69) is 5.32 Å². The highest BCUT2D eigenvalue weighted by atomic mass is 16.3. The highest BCUT2D eigenvalue weighted by molar-refractivity contribution is 5.94. The van der Waals surface area contributed by atoms with Crippen LogP contribution in [0.5, 0.6) is 5.75 Å². The summed E-state index contributed by atoms with van der Waals surface area (Å²) in [6.45, 7) is 1.46. The molecule has 29 heavy (non-hydrogen) atoms. The number of hydrogen-bond donors (Lipinski definition) is 2. The van der Waals surface area contributed by atoms with E-state index in [9.17, 15) is 14.7 Å². The number of likely N-dealkylation sites (tertiary alicyclic amines) is 1. The predicted molar refractivity (Wildman–Crippen MR) is 110 cm³/mol. The number of rotatable bonds is 4. The van der Waals surface area contributed by atoms with Crippen LogP contribution in [0.4, 0.5) is 0 Å². The Hall–Kier alpha value is -2.04. The number of amides is 2. The summed E-state index contributed by atoms with van der Waals surface area (Å²) in [7, 11) is 0. The van der Waals surface area contributed by atoms with E-state index in [-0.39, 0.29) is 17.7 Å². The summed E-state index contributed by atoms with van der Waals surface area (Å²) in [5, 5.41) is 12.6. The van der Waals surface area contributed by atoms with E-state index in [0.717, 1.165) is 50.1 Å². The lowest BCUT2D eigenvalue weighted by atomic mass is 9.49. The SMILES string of the molecule is O=C(NC1CCN(C(=O)CC23CC4CC(CC(C4)C2)C3)CC1)c1cccc(O)c1. The molecule has 1 heterocycles. The molecule has 2 N–H and O–H groups in total. The molecule has 4 aliphatic carbocycles. The van der Waals surface area contributed by atoms with Crippen LogP contribution in [0.2, 0.25) is 0 Å². The maximum absolute atomic E-state index is 13.1. The zero-order valence-electron chi connectivity index (χ0n) is 17.1. The normalized spacial score (nSPS) is 33.7. The van der Waals surface area contributed by atoms with Gasteiger partial charge < -0.3 is 15.3 Å². The van der Waals surface area contributed by atoms with Crippen molar-refractivity contribution < 1.29 is 14.7 Å². The van der Waals surface area contributed by atoms with E-state index in [0.29, 0.717) is 16.9 Å². The summed E-state index contributed by atoms with van der Waals surface area (Å²) < 4.78 is 0. The first-order chi connectivity index (χ1) is 14.0. The number of benzene rings is 1. The summed E-state index contributed by atoms with van der Waals surface area (Å²) in [6.07, 6.45) is 10.4. The second kappa shape index (κ2) is 7.33. The lowest BCUT2D eigenvalue weighted by Gasteiger charge is -2.57. The maximum Gasteiger partial charge on any atom is 0.251 e. The Bertz CT molecular complexity index is 762. The van der Waals surface area contributed by atoms with Gasteiger partial charge in [0.2, 0.25) is 5.91 Å². The minimum atomic E-state index is -0.153. The molecule has 0 unspecified atom stereocenters. The second-order valence-corrected chi connectivity index (χ2v) is 10.3. The molecular formula is C24H32N2O3. The van der Waals surface area contributed by atoms with Gasteiger partial charge in [-0.1, -0.05) is 6.07 Å². The molecule has 4 saturated carbocycles. The Kier molecular flexibility index (Phi) is 4.79. The molecule has 6 rings (SSSR count). The van der Waals surface area contributed by atoms with Crippen LogP contribution in [-0.2, 0) is 4.79 Å². The molecular weight excluding hydrogens is 364 g/mol. The third-order valence-corrected chi connectivity index (χ3v) is 7.98. The van der Waals surface area contributed by atoms with E-state index in [1.807, 2.05) is 4.90 Å². The van der Waals surface area contributed by atoms with Crippen LogP contribution in [0, 0.1) is 23.2 Å². The summed E-state index contributed by atoms with van der Waals surface area (Å²) in [5.41, 5.74) is 0.775. The average molecular weight is 397 g/mol. The van der Waals surface area contributed by atoms with Gasteiger partial charge in [-0.2, -0.15) is 0 Å². The van der Waals surface area contributed by atoms with Gasteiger partial charge in [0.25, 0.3) is 5.91 Å². The molecule has 1 aliphatic heterocycles. The van der Waals surface area contributed by atoms with Gasteiger partial charge in [-0.15, -0.1) is 0 Å². The number of carbonyl (C=O) groups excluding carboxylic acids is 2. The average Bonchev–Trinajstić information content (AvgIpc) is 2.67. The van der Waals surface area contributed by atoms with E-state index in [1.165, 1.54) is 44.6 Å². The van der Waals surface area contributed by atoms with Crippen LogP contribution in [0.15, 0.2) is 24.3 Å². The van der Waals surface area contributed by atoms with Crippen LogP contribution in [0.1, 0.15) is 68.1 Å². The van der Waals surface area contributed by atoms with Crippen LogP contribution >= 0.6 is 0 Å². The highest BCUT2D eigenvalue weighted by Crippen LogP contribution is 2.61. The Labute approximate surface area is 172 Å². The van der Waals surface area contributed by atoms with E-state index >= 15 is 0 Å². The molecule has 0 atom stereocenters. The van der Waals surface area contributed by atoms with Crippen molar-refractivity contribution in [2.75, 3.05) is 13.1 Å². The first-order valence-corrected chi connectivity index (χ1v) is 11.4. The molecule has 5 nitrogen and oxygen atoms in total. The molecule has 5 fully saturated rings. The van der Waals surface area contributed by atoms with Gasteiger partial charge in [-0.25, -0.2) is 0 Å². The van der Waals surface area contributed by atoms with Gasteiger partial charge >= 0.3 is 0 Å². The lowest BCUT2D eigenvalue weighted by Crippen LogP contribution is -2.50. The van der Waals surface area contributed by atoms with E-state index < -0.39 is 0 Å². The van der Waals surface area contributed by atoms with Gasteiger partial charge in [0.1, 0.15) is 5.75 Å². The molecule has 1 aromatic rings. The van der Waals surface area contributed by atoms with Gasteiger partial charge in [0, 0.05) is 31.1 Å². The van der Waals surface area contributed by atoms with Gasteiger partial charge in [0.15, 0.2) is 0 Å². The number of phenolic OH excluding ortho intramolecular Hbond substituents is 1. The summed E-state index contributed by atoms with van der Waals surface area (Å²) in [6, 6.07) is 6.52. The van der Waals surface area contributed by atoms with Gasteiger partial charge in [-0.05, 0) is 92.7 Å². The van der Waals surface area contributed by atoms with Gasteiger partial charge in [-0.3, -0.25) is 9.59 Å². The molecule has 2 amide bonds. The number of piperidine rings is 1. The van der Waals surface area contributed by atoms with Crippen molar-refractivity contribution in [3.05, 3.63) is 29.8 Å². The zero-order chi connectivity index (χ0) is 20.0. The standard InChI is InChI=1S/C24H32N2O3/c27-21-3-1-2-19(11-21)23(29)25-20-4-6-26(7-5-20)22(28)15-24-12-16-8-17(13-24)10-18(9-16)14-24/h1-3,11,16-18,20,27H,4-10,12-15H2,(H,25,29). The number of nitrogens with zero attached hydrogens (tertiary/aromatic N) is 1. The third kappa shape index (κ3) is 3.88. The largest absolute Gasteiger partial charge is 0.508 e. The number of nitrogens with one attached hydrogen (secondary N) is 1. The molecule has 4 bridgehead atoms. The van der Waals surface area contributed by atoms with Crippen molar-refractivity contribution in [1.82, 2.24) is 10.2 Å². The lowest BCUT2D eigenvalue weighted by molar-refractivity contribution is -0.140. The zero-order valence-corrected chi connectivity index (χ0v) is 17.1. The molecule has 0 radical (unpaired) electrons. The monoisotopic (exact) mass is 396 g/mol. The number of aromatic hydroxyl groups is 1. The first kappa shape index (κ1) is 19.0. The van der Waals surface area contributed by atoms with Crippen molar-refractivity contribution in [2.24, 2.45) is 23.2 Å². The number of carbonyl (C=O) groups is 2. The highest BCUT2D eigenvalue weighted by Gasteiger charge is 2.51. The van der Waals surface area contributed by atoms with Crippen LogP contribution in [-0.4, -0.2) is 41.0 Å². The smallest absolute Gasteiger partial charge is 0.251 e. The minimum Gasteiger partial charge on any atom is -0.508 e. The van der Waals surface area contributed by atoms with Crippen molar-refractivity contribution in [3.63, 3.8) is 0 Å². The predicted octanol–water partition coefficient (Wildman–Crippen LogP) is 3.72. The Morgan fingerprint density at radius 2 is 1.66 bits per heavy atom. The molecule has 1 aromatic carbocycles. The van der Waals surface area contributed by atoms with E-state index in [4.69, 9.17) is 0 Å². The molecule has 156 valence electrons. The third-order valence-electron chi connectivity index (χ3n) is 7.98. The van der Waals surface area contributed by atoms with Gasteiger partial charge in [0.05, 0.1) is 0 Å². The number of phenols is 1.